The number of hydrogen-bond acceptors (Lipinski definition) is 2. The molecule has 0 unspecified atom stereocenters. The molecule has 0 saturated heterocycles. The van der Waals surface area contributed by atoms with E-state index in [4.69, 9.17) is 0 Å². The van der Waals surface area contributed by atoms with Gasteiger partial charge in [-0.2, -0.15) is 0 Å². The van der Waals surface area contributed by atoms with Crippen molar-refractivity contribution >= 4 is 28.8 Å². The number of rotatable bonds is 5. The third-order valence-corrected chi connectivity index (χ3v) is 5.51. The molecule has 0 spiro atoms. The number of aryl methyl sites for hydroxylation is 3. The minimum Gasteiger partial charge on any atom is -0.342 e. The lowest BCUT2D eigenvalue weighted by atomic mass is 10.1. The van der Waals surface area contributed by atoms with Gasteiger partial charge in [-0.25, -0.2) is 0 Å². The molecular weight excluding hydrogens is 372 g/mol. The maximum atomic E-state index is 13.1. The Labute approximate surface area is 176 Å². The topological polar surface area (TPSA) is 51.1 Å². The quantitative estimate of drug-likeness (QED) is 0.441. The smallest absolute Gasteiger partial charge is 0.257 e. The molecule has 0 fully saturated rings. The molecule has 1 N–H and O–H groups in total. The van der Waals surface area contributed by atoms with Crippen molar-refractivity contribution in [3.05, 3.63) is 100 Å². The number of aromatic nitrogens is 1. The average molecular weight is 396 g/mol. The first-order chi connectivity index (χ1) is 14.4. The fourth-order valence-electron chi connectivity index (χ4n) is 3.66. The van der Waals surface area contributed by atoms with Gasteiger partial charge >= 0.3 is 0 Å². The average Bonchev–Trinajstić information content (AvgIpc) is 3.09. The largest absolute Gasteiger partial charge is 0.342 e. The normalized spacial score (nSPS) is 10.9. The van der Waals surface area contributed by atoms with Crippen LogP contribution in [0.1, 0.15) is 43.0 Å². The molecule has 0 saturated carbocycles. The number of fused-ring (bicyclic) bond motifs is 1. The third-order valence-electron chi connectivity index (χ3n) is 5.51. The van der Waals surface area contributed by atoms with Crippen molar-refractivity contribution in [2.24, 2.45) is 0 Å². The summed E-state index contributed by atoms with van der Waals surface area (Å²) in [6.07, 6.45) is 2.71. The van der Waals surface area contributed by atoms with Crippen LogP contribution >= 0.6 is 0 Å². The Kier molecular flexibility index (Phi) is 5.23. The molecule has 4 nitrogen and oxygen atoms in total. The summed E-state index contributed by atoms with van der Waals surface area (Å²) >= 11 is 0. The fraction of sp³-hybridized carbons (Fsp3) is 0.154. The molecule has 0 atom stereocenters. The van der Waals surface area contributed by atoms with Gasteiger partial charge in [0.15, 0.2) is 0 Å². The molecule has 1 amide bonds. The van der Waals surface area contributed by atoms with E-state index in [0.717, 1.165) is 22.8 Å². The first kappa shape index (κ1) is 19.6. The Balaban J connectivity index is 1.70. The van der Waals surface area contributed by atoms with Crippen molar-refractivity contribution in [1.29, 1.82) is 0 Å². The van der Waals surface area contributed by atoms with E-state index >= 15 is 0 Å². The van der Waals surface area contributed by atoms with Gasteiger partial charge < -0.3 is 9.88 Å². The van der Waals surface area contributed by atoms with Gasteiger partial charge in [0.05, 0.1) is 5.56 Å². The van der Waals surface area contributed by atoms with Crippen LogP contribution in [0.4, 0.5) is 5.69 Å². The number of carbonyl (C=O) groups is 2. The van der Waals surface area contributed by atoms with Crippen LogP contribution in [0, 0.1) is 20.8 Å². The monoisotopic (exact) mass is 396 g/mol. The summed E-state index contributed by atoms with van der Waals surface area (Å²) in [5, 5.41) is 3.88. The van der Waals surface area contributed by atoms with E-state index in [-0.39, 0.29) is 5.91 Å². The van der Waals surface area contributed by atoms with Crippen LogP contribution < -0.4 is 5.32 Å². The van der Waals surface area contributed by atoms with Crippen LogP contribution in [-0.2, 0) is 6.54 Å². The Hall–Kier alpha value is -3.66. The Morgan fingerprint density at radius 1 is 0.933 bits per heavy atom. The SMILES string of the molecule is Cc1ccc2c(c1)c(C(=O)Nc1ccc(C=O)cc1)cn2Cc1ccc(C)c(C)c1. The van der Waals surface area contributed by atoms with E-state index in [1.165, 1.54) is 16.7 Å². The summed E-state index contributed by atoms with van der Waals surface area (Å²) in [5.74, 6) is -0.164. The van der Waals surface area contributed by atoms with Crippen LogP contribution in [0.5, 0.6) is 0 Å². The number of nitrogens with zero attached hydrogens (tertiary/aromatic N) is 1. The number of aldehydes is 1. The van der Waals surface area contributed by atoms with Gasteiger partial charge in [0.1, 0.15) is 6.29 Å². The van der Waals surface area contributed by atoms with E-state index < -0.39 is 0 Å². The number of benzene rings is 3. The molecule has 0 aliphatic heterocycles. The molecule has 0 aliphatic rings. The van der Waals surface area contributed by atoms with E-state index in [9.17, 15) is 9.59 Å². The van der Waals surface area contributed by atoms with Crippen molar-refractivity contribution in [3.63, 3.8) is 0 Å². The van der Waals surface area contributed by atoms with Gasteiger partial charge in [-0.05, 0) is 73.9 Å². The first-order valence-corrected chi connectivity index (χ1v) is 9.97. The van der Waals surface area contributed by atoms with Crippen molar-refractivity contribution in [1.82, 2.24) is 4.57 Å². The second-order valence-electron chi connectivity index (χ2n) is 7.80. The highest BCUT2D eigenvalue weighted by Gasteiger charge is 2.16. The Bertz CT molecular complexity index is 1250. The third kappa shape index (κ3) is 3.90. The van der Waals surface area contributed by atoms with Crippen molar-refractivity contribution in [3.8, 4) is 0 Å². The van der Waals surface area contributed by atoms with Gasteiger partial charge in [0.2, 0.25) is 0 Å². The lowest BCUT2D eigenvalue weighted by Crippen LogP contribution is -2.11. The zero-order chi connectivity index (χ0) is 21.3. The zero-order valence-electron chi connectivity index (χ0n) is 17.4. The molecule has 1 heterocycles. The Morgan fingerprint density at radius 3 is 2.40 bits per heavy atom. The molecule has 0 aliphatic carbocycles. The van der Waals surface area contributed by atoms with Crippen molar-refractivity contribution in [2.75, 3.05) is 5.32 Å². The lowest BCUT2D eigenvalue weighted by Gasteiger charge is -2.08. The summed E-state index contributed by atoms with van der Waals surface area (Å²) in [7, 11) is 0. The van der Waals surface area contributed by atoms with Crippen LogP contribution in [0.3, 0.4) is 0 Å². The number of carbonyl (C=O) groups excluding carboxylic acids is 2. The highest BCUT2D eigenvalue weighted by Crippen LogP contribution is 2.25. The van der Waals surface area contributed by atoms with Gasteiger partial charge in [-0.3, -0.25) is 9.59 Å². The number of hydrogen-bond donors (Lipinski definition) is 1. The molecule has 3 aromatic carbocycles. The summed E-state index contributed by atoms with van der Waals surface area (Å²) in [6.45, 7) is 6.95. The zero-order valence-corrected chi connectivity index (χ0v) is 17.4. The molecule has 0 bridgehead atoms. The Morgan fingerprint density at radius 2 is 1.70 bits per heavy atom. The second-order valence-corrected chi connectivity index (χ2v) is 7.80. The maximum Gasteiger partial charge on any atom is 0.257 e. The summed E-state index contributed by atoms with van der Waals surface area (Å²) in [6, 6.07) is 19.5. The van der Waals surface area contributed by atoms with E-state index in [1.807, 2.05) is 13.1 Å². The van der Waals surface area contributed by atoms with E-state index in [0.29, 0.717) is 23.4 Å². The van der Waals surface area contributed by atoms with Gasteiger partial charge in [0, 0.05) is 34.9 Å². The van der Waals surface area contributed by atoms with Crippen molar-refractivity contribution < 1.29 is 9.59 Å². The molecule has 30 heavy (non-hydrogen) atoms. The predicted molar refractivity (Wildman–Crippen MR) is 121 cm³/mol. The molecule has 0 radical (unpaired) electrons. The standard InChI is InChI=1S/C26H24N2O2/c1-17-4-11-25-23(12-17)24(26(30)27-22-9-7-20(16-29)8-10-22)15-28(25)14-21-6-5-18(2)19(3)13-21/h4-13,15-16H,14H2,1-3H3,(H,27,30). The van der Waals surface area contributed by atoms with Gasteiger partial charge in [-0.15, -0.1) is 0 Å². The molecule has 4 rings (SSSR count). The van der Waals surface area contributed by atoms with Crippen LogP contribution in [0.15, 0.2) is 66.9 Å². The highest BCUT2D eigenvalue weighted by molar-refractivity contribution is 6.13. The summed E-state index contributed by atoms with van der Waals surface area (Å²) < 4.78 is 2.13. The molecule has 150 valence electrons. The van der Waals surface area contributed by atoms with Crippen molar-refractivity contribution in [2.45, 2.75) is 27.3 Å². The van der Waals surface area contributed by atoms with Crippen LogP contribution in [0.2, 0.25) is 0 Å². The lowest BCUT2D eigenvalue weighted by molar-refractivity contribution is 0.102. The van der Waals surface area contributed by atoms with E-state index in [2.05, 4.69) is 60.1 Å². The second kappa shape index (κ2) is 7.99. The van der Waals surface area contributed by atoms with Gasteiger partial charge in [0.25, 0.3) is 5.91 Å². The summed E-state index contributed by atoms with van der Waals surface area (Å²) in [4.78, 5) is 23.9. The first-order valence-electron chi connectivity index (χ1n) is 9.97. The molecule has 1 aromatic heterocycles. The number of anilines is 1. The van der Waals surface area contributed by atoms with Crippen LogP contribution in [-0.4, -0.2) is 16.8 Å². The van der Waals surface area contributed by atoms with Gasteiger partial charge in [-0.1, -0.05) is 29.8 Å². The highest BCUT2D eigenvalue weighted by atomic mass is 16.1. The fourth-order valence-corrected chi connectivity index (χ4v) is 3.66. The van der Waals surface area contributed by atoms with E-state index in [1.54, 1.807) is 24.3 Å². The predicted octanol–water partition coefficient (Wildman–Crippen LogP) is 5.68. The number of amides is 1. The molecule has 4 aromatic rings. The molecule has 4 heteroatoms. The number of nitrogens with one attached hydrogen (secondary N) is 1. The minimum atomic E-state index is -0.164. The molecular formula is C26H24N2O2. The van der Waals surface area contributed by atoms with Crippen LogP contribution in [0.25, 0.3) is 10.9 Å². The minimum absolute atomic E-state index is 0.164. The maximum absolute atomic E-state index is 13.1. The summed E-state index contributed by atoms with van der Waals surface area (Å²) in [5.41, 5.74) is 7.74.